The van der Waals surface area contributed by atoms with Crippen molar-refractivity contribution in [3.8, 4) is 5.75 Å². The van der Waals surface area contributed by atoms with Crippen LogP contribution in [0.3, 0.4) is 0 Å². The molecule has 0 aliphatic heterocycles. The number of carbonyl (C=O) groups is 1. The molecule has 0 spiro atoms. The van der Waals surface area contributed by atoms with Crippen molar-refractivity contribution in [3.05, 3.63) is 50.1 Å². The number of thiophene rings is 1. The molecule has 0 radical (unpaired) electrons. The highest BCUT2D eigenvalue weighted by molar-refractivity contribution is 7.14. The molecule has 2 aromatic rings. The van der Waals surface area contributed by atoms with Gasteiger partial charge >= 0.3 is 0 Å². The Morgan fingerprint density at radius 1 is 1.28 bits per heavy atom. The van der Waals surface area contributed by atoms with Gasteiger partial charge in [0.1, 0.15) is 5.75 Å². The largest absolute Gasteiger partial charge is 0.492 e. The minimum atomic E-state index is -0.141. The zero-order valence-corrected chi connectivity index (χ0v) is 16.5. The van der Waals surface area contributed by atoms with Crippen LogP contribution in [0.5, 0.6) is 5.75 Å². The second-order valence-corrected chi connectivity index (χ2v) is 7.39. The third kappa shape index (κ3) is 6.34. The Labute approximate surface area is 161 Å². The Balaban J connectivity index is 1.72. The number of ether oxygens (including phenoxy) is 1. The van der Waals surface area contributed by atoms with Gasteiger partial charge in [-0.25, -0.2) is 5.43 Å². The van der Waals surface area contributed by atoms with E-state index < -0.39 is 0 Å². The van der Waals surface area contributed by atoms with Gasteiger partial charge in [0.15, 0.2) is 0 Å². The second kappa shape index (κ2) is 9.80. The molecule has 0 bridgehead atoms. The van der Waals surface area contributed by atoms with Crippen molar-refractivity contribution in [2.24, 2.45) is 5.10 Å². The lowest BCUT2D eigenvalue weighted by Crippen LogP contribution is -2.19. The number of hydrogen-bond acceptors (Lipinski definition) is 4. The quantitative estimate of drug-likeness (QED) is 0.371. The summed E-state index contributed by atoms with van der Waals surface area (Å²) < 4.78 is 5.55. The molecule has 0 aliphatic rings. The zero-order valence-electron chi connectivity index (χ0n) is 14.1. The van der Waals surface area contributed by atoms with Gasteiger partial charge in [-0.3, -0.25) is 4.79 Å². The monoisotopic (exact) mass is 398 g/mol. The lowest BCUT2D eigenvalue weighted by molar-refractivity contribution is -0.121. The Hall–Kier alpha value is -1.56. The number of hydrogen-bond donors (Lipinski definition) is 1. The van der Waals surface area contributed by atoms with Crippen LogP contribution in [0.1, 0.15) is 36.4 Å². The molecule has 1 N–H and O–H groups in total. The van der Waals surface area contributed by atoms with Crippen LogP contribution in [0.2, 0.25) is 10.0 Å². The van der Waals surface area contributed by atoms with E-state index in [0.29, 0.717) is 35.2 Å². The van der Waals surface area contributed by atoms with E-state index in [-0.39, 0.29) is 5.91 Å². The molecule has 1 aromatic carbocycles. The van der Waals surface area contributed by atoms with E-state index in [1.165, 1.54) is 4.88 Å². The summed E-state index contributed by atoms with van der Waals surface area (Å²) >= 11 is 13.5. The van der Waals surface area contributed by atoms with Gasteiger partial charge in [-0.1, -0.05) is 30.1 Å². The molecular weight excluding hydrogens is 379 g/mol. The molecule has 0 saturated carbocycles. The van der Waals surface area contributed by atoms with Crippen molar-refractivity contribution >= 4 is 46.2 Å². The van der Waals surface area contributed by atoms with Crippen LogP contribution in [0.4, 0.5) is 0 Å². The first-order chi connectivity index (χ1) is 12.0. The van der Waals surface area contributed by atoms with Gasteiger partial charge in [0.25, 0.3) is 0 Å². The predicted molar refractivity (Wildman–Crippen MR) is 105 cm³/mol. The van der Waals surface area contributed by atoms with E-state index in [1.807, 2.05) is 13.0 Å². The molecular formula is C18H20Cl2N2O2S. The third-order valence-corrected chi connectivity index (χ3v) is 5.28. The number of amides is 1. The summed E-state index contributed by atoms with van der Waals surface area (Å²) in [7, 11) is 0. The first-order valence-electron chi connectivity index (χ1n) is 7.99. The summed E-state index contributed by atoms with van der Waals surface area (Å²) in [6.45, 7) is 4.39. The number of rotatable bonds is 8. The lowest BCUT2D eigenvalue weighted by Gasteiger charge is -2.07. The van der Waals surface area contributed by atoms with Gasteiger partial charge in [0, 0.05) is 16.3 Å². The number of nitrogens with zero attached hydrogens (tertiary/aromatic N) is 1. The van der Waals surface area contributed by atoms with Crippen LogP contribution < -0.4 is 10.2 Å². The van der Waals surface area contributed by atoms with Gasteiger partial charge in [0.2, 0.25) is 5.91 Å². The van der Waals surface area contributed by atoms with Crippen LogP contribution in [0, 0.1) is 0 Å². The van der Waals surface area contributed by atoms with Crippen LogP contribution in [-0.4, -0.2) is 18.2 Å². The standard InChI is InChI=1S/C18H20Cl2N2O2S/c1-3-14-7-9-17(25-14)12(2)21-22-18(23)5-4-10-24-16-8-6-13(19)11-15(16)20/h6-9,11H,3-5,10H2,1-2H3,(H,22,23)/b21-12+. The summed E-state index contributed by atoms with van der Waals surface area (Å²) in [5.41, 5.74) is 3.39. The maximum Gasteiger partial charge on any atom is 0.240 e. The van der Waals surface area contributed by atoms with E-state index in [2.05, 4.69) is 23.5 Å². The molecule has 1 heterocycles. The first-order valence-corrected chi connectivity index (χ1v) is 9.57. The lowest BCUT2D eigenvalue weighted by atomic mass is 10.3. The van der Waals surface area contributed by atoms with Crippen molar-refractivity contribution < 1.29 is 9.53 Å². The molecule has 1 aromatic heterocycles. The number of aryl methyl sites for hydroxylation is 1. The molecule has 0 atom stereocenters. The van der Waals surface area contributed by atoms with E-state index >= 15 is 0 Å². The molecule has 25 heavy (non-hydrogen) atoms. The third-order valence-electron chi connectivity index (χ3n) is 3.41. The minimum absolute atomic E-state index is 0.141. The minimum Gasteiger partial charge on any atom is -0.492 e. The highest BCUT2D eigenvalue weighted by Gasteiger charge is 2.06. The summed E-state index contributed by atoms with van der Waals surface area (Å²) in [5.74, 6) is 0.419. The van der Waals surface area contributed by atoms with Gasteiger partial charge in [-0.15, -0.1) is 11.3 Å². The van der Waals surface area contributed by atoms with E-state index in [4.69, 9.17) is 27.9 Å². The van der Waals surface area contributed by atoms with Gasteiger partial charge in [-0.2, -0.15) is 5.10 Å². The topological polar surface area (TPSA) is 50.7 Å². The maximum absolute atomic E-state index is 11.8. The Bertz CT molecular complexity index is 759. The van der Waals surface area contributed by atoms with Crippen molar-refractivity contribution in [1.82, 2.24) is 5.43 Å². The second-order valence-electron chi connectivity index (χ2n) is 5.38. The fourth-order valence-corrected chi connectivity index (χ4v) is 3.38. The fraction of sp³-hybridized carbons (Fsp3) is 0.333. The number of benzene rings is 1. The molecule has 0 fully saturated rings. The molecule has 2 rings (SSSR count). The molecule has 1 amide bonds. The van der Waals surface area contributed by atoms with E-state index in [0.717, 1.165) is 17.0 Å². The maximum atomic E-state index is 11.8. The first kappa shape index (κ1) is 19.8. The average molecular weight is 399 g/mol. The molecule has 0 aliphatic carbocycles. The summed E-state index contributed by atoms with van der Waals surface area (Å²) in [4.78, 5) is 14.2. The van der Waals surface area contributed by atoms with Crippen LogP contribution in [0.15, 0.2) is 35.4 Å². The van der Waals surface area contributed by atoms with Crippen molar-refractivity contribution in [1.29, 1.82) is 0 Å². The number of halogens is 2. The molecule has 0 unspecified atom stereocenters. The van der Waals surface area contributed by atoms with E-state index in [1.54, 1.807) is 29.5 Å². The molecule has 134 valence electrons. The van der Waals surface area contributed by atoms with Crippen molar-refractivity contribution in [2.45, 2.75) is 33.1 Å². The summed E-state index contributed by atoms with van der Waals surface area (Å²) in [6.07, 6.45) is 1.90. The Morgan fingerprint density at radius 2 is 2.08 bits per heavy atom. The van der Waals surface area contributed by atoms with Crippen molar-refractivity contribution in [3.63, 3.8) is 0 Å². The Morgan fingerprint density at radius 3 is 2.76 bits per heavy atom. The smallest absolute Gasteiger partial charge is 0.240 e. The molecule has 7 heteroatoms. The van der Waals surface area contributed by atoms with Crippen LogP contribution in [0.25, 0.3) is 0 Å². The number of nitrogens with one attached hydrogen (secondary N) is 1. The predicted octanol–water partition coefficient (Wildman–Crippen LogP) is 5.32. The van der Waals surface area contributed by atoms with Gasteiger partial charge in [0.05, 0.1) is 22.2 Å². The fourth-order valence-electron chi connectivity index (χ4n) is 2.03. The van der Waals surface area contributed by atoms with Gasteiger partial charge in [-0.05, 0) is 50.1 Å². The average Bonchev–Trinajstić information content (AvgIpc) is 3.07. The van der Waals surface area contributed by atoms with Crippen LogP contribution >= 0.6 is 34.5 Å². The number of hydrazone groups is 1. The molecule has 4 nitrogen and oxygen atoms in total. The Kier molecular flexibility index (Phi) is 7.75. The van der Waals surface area contributed by atoms with Crippen LogP contribution in [-0.2, 0) is 11.2 Å². The van der Waals surface area contributed by atoms with Gasteiger partial charge < -0.3 is 4.74 Å². The highest BCUT2D eigenvalue weighted by Crippen LogP contribution is 2.27. The van der Waals surface area contributed by atoms with E-state index in [9.17, 15) is 4.79 Å². The molecule has 0 saturated heterocycles. The highest BCUT2D eigenvalue weighted by atomic mass is 35.5. The number of carbonyl (C=O) groups excluding carboxylic acids is 1. The normalized spacial score (nSPS) is 11.4. The zero-order chi connectivity index (χ0) is 18.2. The summed E-state index contributed by atoms with van der Waals surface area (Å²) in [5, 5.41) is 5.17. The summed E-state index contributed by atoms with van der Waals surface area (Å²) in [6, 6.07) is 9.15. The van der Waals surface area contributed by atoms with Crippen molar-refractivity contribution in [2.75, 3.05) is 6.61 Å². The SMILES string of the molecule is CCc1ccc(/C(C)=N/NC(=O)CCCOc2ccc(Cl)cc2Cl)s1.